The van der Waals surface area contributed by atoms with Gasteiger partial charge in [0.05, 0.1) is 17.7 Å². The van der Waals surface area contributed by atoms with Gasteiger partial charge in [0.15, 0.2) is 0 Å². The van der Waals surface area contributed by atoms with Gasteiger partial charge in [-0.1, -0.05) is 83.9 Å². The van der Waals surface area contributed by atoms with E-state index in [4.69, 9.17) is 9.47 Å². The lowest BCUT2D eigenvalue weighted by atomic mass is 9.32. The van der Waals surface area contributed by atoms with Gasteiger partial charge >= 0.3 is 11.9 Å². The molecule has 2 aromatic rings. The zero-order valence-electron chi connectivity index (χ0n) is 32.6. The van der Waals surface area contributed by atoms with E-state index < -0.39 is 0 Å². The van der Waals surface area contributed by atoms with Crippen LogP contribution in [0.1, 0.15) is 145 Å². The van der Waals surface area contributed by atoms with Crippen molar-refractivity contribution in [3.63, 3.8) is 0 Å². The number of hydrogen-bond acceptors (Lipinski definition) is 4. The highest BCUT2D eigenvalue weighted by atomic mass is 16.5. The van der Waals surface area contributed by atoms with E-state index in [0.29, 0.717) is 53.2 Å². The summed E-state index contributed by atoms with van der Waals surface area (Å²) in [5.41, 5.74) is 4.40. The predicted octanol–water partition coefficient (Wildman–Crippen LogP) is 11.4. The normalized spacial score (nSPS) is 40.2. The third-order valence-corrected chi connectivity index (χ3v) is 16.8. The molecule has 5 fully saturated rings. The van der Waals surface area contributed by atoms with Crippen molar-refractivity contribution in [3.05, 3.63) is 70.8 Å². The number of carbonyl (C=O) groups excluding carboxylic acids is 2. The smallest absolute Gasteiger partial charge is 0.338 e. The summed E-state index contributed by atoms with van der Waals surface area (Å²) in [5.74, 6) is 3.42. The predicted molar refractivity (Wildman–Crippen MR) is 201 cm³/mol. The molecule has 0 saturated heterocycles. The highest BCUT2D eigenvalue weighted by Gasteiger charge is 2.71. The first kappa shape index (κ1) is 35.8. The Kier molecular flexibility index (Phi) is 8.95. The molecule has 5 aliphatic rings. The van der Waals surface area contributed by atoms with E-state index in [9.17, 15) is 9.59 Å². The van der Waals surface area contributed by atoms with Crippen LogP contribution >= 0.6 is 0 Å². The van der Waals surface area contributed by atoms with Gasteiger partial charge in [0.25, 0.3) is 0 Å². The highest BCUT2D eigenvalue weighted by molar-refractivity contribution is 5.90. The van der Waals surface area contributed by atoms with Crippen molar-refractivity contribution in [1.82, 2.24) is 0 Å². The molecule has 2 aromatic carbocycles. The van der Waals surface area contributed by atoms with Crippen LogP contribution < -0.4 is 0 Å². The summed E-state index contributed by atoms with van der Waals surface area (Å²) in [6.07, 6.45) is 11.9. The quantitative estimate of drug-likeness (QED) is 0.285. The Morgan fingerprint density at radius 1 is 0.680 bits per heavy atom. The van der Waals surface area contributed by atoms with Gasteiger partial charge in [0.1, 0.15) is 6.10 Å². The van der Waals surface area contributed by atoms with E-state index in [2.05, 4.69) is 62.3 Å². The number of aryl methyl sites for hydroxylation is 2. The standard InChI is InChI=1S/C46H64O4/c1-29(2)34-20-25-46(28-49-40(47)32-14-10-30(3)11-15-32)27-26-44(8)35(39(34)46)18-19-37-43(7)23-22-38(42(5,6)36(43)21-24-45(37,44)9)50-41(48)33-16-12-31(4)13-17-33/h10-17,29,34-39H,18-28H2,1-9H3/t34-,35+,36-,37+,38-,39+,43-,44+,45+,46+/m0/s1. The van der Waals surface area contributed by atoms with Crippen molar-refractivity contribution in [2.45, 2.75) is 133 Å². The topological polar surface area (TPSA) is 52.6 Å². The van der Waals surface area contributed by atoms with Crippen molar-refractivity contribution in [2.24, 2.45) is 62.6 Å². The van der Waals surface area contributed by atoms with Crippen LogP contribution in [0.15, 0.2) is 48.5 Å². The van der Waals surface area contributed by atoms with Crippen LogP contribution in [-0.2, 0) is 9.47 Å². The molecule has 7 rings (SSSR count). The number of hydrogen-bond donors (Lipinski definition) is 0. The lowest BCUT2D eigenvalue weighted by Gasteiger charge is -2.73. The number of rotatable bonds is 6. The number of esters is 2. The molecule has 4 nitrogen and oxygen atoms in total. The number of benzene rings is 2. The Morgan fingerprint density at radius 3 is 1.92 bits per heavy atom. The third-order valence-electron chi connectivity index (χ3n) is 16.8. The lowest BCUT2D eigenvalue weighted by molar-refractivity contribution is -0.250. The molecule has 5 aliphatic carbocycles. The van der Waals surface area contributed by atoms with Crippen LogP contribution in [0.25, 0.3) is 0 Å². The van der Waals surface area contributed by atoms with Crippen LogP contribution in [-0.4, -0.2) is 24.6 Å². The van der Waals surface area contributed by atoms with Gasteiger partial charge in [0, 0.05) is 10.8 Å². The summed E-state index contributed by atoms with van der Waals surface area (Å²) >= 11 is 0. The molecule has 50 heavy (non-hydrogen) atoms. The van der Waals surface area contributed by atoms with Gasteiger partial charge in [-0.15, -0.1) is 0 Å². The molecule has 10 atom stereocenters. The fourth-order valence-electron chi connectivity index (χ4n) is 13.8. The Labute approximate surface area is 302 Å². The van der Waals surface area contributed by atoms with Crippen molar-refractivity contribution in [1.29, 1.82) is 0 Å². The minimum atomic E-state index is -0.174. The fourth-order valence-corrected chi connectivity index (χ4v) is 13.8. The maximum absolute atomic E-state index is 13.3. The second kappa shape index (κ2) is 12.5. The Bertz CT molecular complexity index is 1590. The molecule has 0 N–H and O–H groups in total. The van der Waals surface area contributed by atoms with Crippen LogP contribution in [0.4, 0.5) is 0 Å². The van der Waals surface area contributed by atoms with E-state index >= 15 is 0 Å². The van der Waals surface area contributed by atoms with Crippen molar-refractivity contribution >= 4 is 11.9 Å². The van der Waals surface area contributed by atoms with E-state index in [-0.39, 0.29) is 45.1 Å². The van der Waals surface area contributed by atoms with Gasteiger partial charge < -0.3 is 9.47 Å². The molecule has 0 bridgehead atoms. The second-order valence-corrected chi connectivity index (χ2v) is 19.6. The minimum absolute atomic E-state index is 0.0612. The fraction of sp³-hybridized carbons (Fsp3) is 0.696. The molecule has 0 aliphatic heterocycles. The van der Waals surface area contributed by atoms with Crippen molar-refractivity contribution in [3.8, 4) is 0 Å². The van der Waals surface area contributed by atoms with Crippen LogP contribution in [0.2, 0.25) is 0 Å². The van der Waals surface area contributed by atoms with E-state index in [1.165, 1.54) is 51.4 Å². The van der Waals surface area contributed by atoms with Gasteiger partial charge in [-0.05, 0) is 154 Å². The van der Waals surface area contributed by atoms with E-state index in [1.807, 2.05) is 48.5 Å². The summed E-state index contributed by atoms with van der Waals surface area (Å²) < 4.78 is 12.7. The zero-order chi connectivity index (χ0) is 35.9. The van der Waals surface area contributed by atoms with Crippen LogP contribution in [0, 0.1) is 76.4 Å². The van der Waals surface area contributed by atoms with Gasteiger partial charge in [0.2, 0.25) is 0 Å². The molecule has 0 amide bonds. The third kappa shape index (κ3) is 5.42. The molecule has 272 valence electrons. The van der Waals surface area contributed by atoms with Gasteiger partial charge in [-0.25, -0.2) is 9.59 Å². The first-order valence-corrected chi connectivity index (χ1v) is 20.1. The largest absolute Gasteiger partial charge is 0.461 e. The molecule has 0 unspecified atom stereocenters. The average Bonchev–Trinajstić information content (AvgIpc) is 3.46. The first-order valence-electron chi connectivity index (χ1n) is 20.1. The van der Waals surface area contributed by atoms with E-state index in [0.717, 1.165) is 24.0 Å². The number of ether oxygens (including phenoxy) is 2. The minimum Gasteiger partial charge on any atom is -0.461 e. The Hall–Kier alpha value is -2.62. The SMILES string of the molecule is Cc1ccc(C(=O)OC[C@]23CC[C@@H](C(C)C)[C@@H]2[C@H]2CC[C@@H]4[C@@]5(C)CC[C@H](OC(=O)c6ccc(C)cc6)C(C)(C)[C@@H]5CC[C@@]4(C)[C@]2(C)CC3)cc1. The summed E-state index contributed by atoms with van der Waals surface area (Å²) in [6.45, 7) is 22.4. The number of carbonyl (C=O) groups is 2. The van der Waals surface area contributed by atoms with E-state index in [1.54, 1.807) is 0 Å². The first-order chi connectivity index (χ1) is 23.6. The molecule has 0 radical (unpaired) electrons. The summed E-state index contributed by atoms with van der Waals surface area (Å²) in [5, 5.41) is 0. The molecule has 4 heteroatoms. The van der Waals surface area contributed by atoms with Gasteiger partial charge in [-0.2, -0.15) is 0 Å². The van der Waals surface area contributed by atoms with Crippen molar-refractivity contribution < 1.29 is 19.1 Å². The number of fused-ring (bicyclic) bond motifs is 7. The molecular weight excluding hydrogens is 617 g/mol. The average molecular weight is 681 g/mol. The molecule has 5 saturated carbocycles. The van der Waals surface area contributed by atoms with Crippen LogP contribution in [0.3, 0.4) is 0 Å². The monoisotopic (exact) mass is 680 g/mol. The van der Waals surface area contributed by atoms with Crippen LogP contribution in [0.5, 0.6) is 0 Å². The maximum atomic E-state index is 13.3. The zero-order valence-corrected chi connectivity index (χ0v) is 32.6. The second-order valence-electron chi connectivity index (χ2n) is 19.6. The summed E-state index contributed by atoms with van der Waals surface area (Å²) in [7, 11) is 0. The summed E-state index contributed by atoms with van der Waals surface area (Å²) in [6, 6.07) is 15.7. The molecule has 0 heterocycles. The summed E-state index contributed by atoms with van der Waals surface area (Å²) in [4.78, 5) is 26.7. The molecule has 0 aromatic heterocycles. The van der Waals surface area contributed by atoms with Crippen molar-refractivity contribution in [2.75, 3.05) is 6.61 Å². The Morgan fingerprint density at radius 2 is 1.30 bits per heavy atom. The lowest BCUT2D eigenvalue weighted by Crippen LogP contribution is -2.67. The molecule has 0 spiro atoms. The highest BCUT2D eigenvalue weighted by Crippen LogP contribution is 2.77. The Balaban J connectivity index is 1.13. The van der Waals surface area contributed by atoms with Gasteiger partial charge in [-0.3, -0.25) is 0 Å². The maximum Gasteiger partial charge on any atom is 0.338 e. The molecular formula is C46H64O4.